The van der Waals surface area contributed by atoms with E-state index in [1.54, 1.807) is 4.90 Å². The van der Waals surface area contributed by atoms with Crippen molar-refractivity contribution in [1.82, 2.24) is 14.3 Å². The Morgan fingerprint density at radius 3 is 2.42 bits per heavy atom. The summed E-state index contributed by atoms with van der Waals surface area (Å²) >= 11 is 0. The van der Waals surface area contributed by atoms with Gasteiger partial charge in [0.1, 0.15) is 5.60 Å². The third-order valence-corrected chi connectivity index (χ3v) is 4.58. The van der Waals surface area contributed by atoms with Gasteiger partial charge in [-0.2, -0.15) is 0 Å². The Kier molecular flexibility index (Phi) is 3.98. The molecule has 1 amide bonds. The van der Waals surface area contributed by atoms with Crippen LogP contribution in [0, 0.1) is 0 Å². The third-order valence-electron chi connectivity index (χ3n) is 4.58. The van der Waals surface area contributed by atoms with Crippen molar-refractivity contribution in [3.63, 3.8) is 0 Å². The van der Waals surface area contributed by atoms with E-state index in [1.165, 1.54) is 0 Å². The SMILES string of the molecule is CC(C)(C)OC(=O)N1CCN(c2nc3ccccc3n3cccc23)CC1. The van der Waals surface area contributed by atoms with Gasteiger partial charge in [-0.3, -0.25) is 0 Å². The van der Waals surface area contributed by atoms with Gasteiger partial charge in [-0.25, -0.2) is 9.78 Å². The number of aromatic nitrogens is 2. The van der Waals surface area contributed by atoms with Crippen LogP contribution in [0.3, 0.4) is 0 Å². The molecule has 6 nitrogen and oxygen atoms in total. The second-order valence-corrected chi connectivity index (χ2v) is 7.64. The number of carbonyl (C=O) groups excluding carboxylic acids is 1. The number of anilines is 1. The number of ether oxygens (including phenoxy) is 1. The Morgan fingerprint density at radius 1 is 1.00 bits per heavy atom. The van der Waals surface area contributed by atoms with E-state index in [-0.39, 0.29) is 6.09 Å². The molecule has 0 bridgehead atoms. The molecule has 26 heavy (non-hydrogen) atoms. The predicted molar refractivity (Wildman–Crippen MR) is 103 cm³/mol. The molecule has 1 aromatic carbocycles. The van der Waals surface area contributed by atoms with Crippen molar-refractivity contribution in [2.24, 2.45) is 0 Å². The normalized spacial score (nSPS) is 15.7. The zero-order valence-electron chi connectivity index (χ0n) is 15.5. The molecule has 1 fully saturated rings. The minimum atomic E-state index is -0.466. The van der Waals surface area contributed by atoms with Gasteiger partial charge in [-0.05, 0) is 45.0 Å². The molecule has 136 valence electrons. The highest BCUT2D eigenvalue weighted by Gasteiger charge is 2.27. The lowest BCUT2D eigenvalue weighted by Crippen LogP contribution is -2.50. The van der Waals surface area contributed by atoms with Crippen LogP contribution in [0.5, 0.6) is 0 Å². The number of amides is 1. The zero-order chi connectivity index (χ0) is 18.3. The first-order valence-corrected chi connectivity index (χ1v) is 9.01. The molecule has 0 saturated carbocycles. The van der Waals surface area contributed by atoms with Crippen LogP contribution in [0.25, 0.3) is 16.6 Å². The van der Waals surface area contributed by atoms with Gasteiger partial charge >= 0.3 is 6.09 Å². The van der Waals surface area contributed by atoms with E-state index >= 15 is 0 Å². The van der Waals surface area contributed by atoms with Gasteiger partial charge in [0.2, 0.25) is 0 Å². The molecule has 1 aliphatic heterocycles. The van der Waals surface area contributed by atoms with Crippen molar-refractivity contribution >= 4 is 28.5 Å². The Bertz CT molecular complexity index is 949. The lowest BCUT2D eigenvalue weighted by molar-refractivity contribution is 0.0240. The van der Waals surface area contributed by atoms with Gasteiger partial charge in [0.25, 0.3) is 0 Å². The Morgan fingerprint density at radius 2 is 1.69 bits per heavy atom. The van der Waals surface area contributed by atoms with Crippen LogP contribution in [0.4, 0.5) is 10.6 Å². The lowest BCUT2D eigenvalue weighted by atomic mass is 10.2. The number of para-hydroxylation sites is 2. The summed E-state index contributed by atoms with van der Waals surface area (Å²) in [6, 6.07) is 12.3. The number of hydrogen-bond donors (Lipinski definition) is 0. The maximum absolute atomic E-state index is 12.3. The summed E-state index contributed by atoms with van der Waals surface area (Å²) in [5.41, 5.74) is 2.70. The van der Waals surface area contributed by atoms with Gasteiger partial charge in [-0.1, -0.05) is 12.1 Å². The van der Waals surface area contributed by atoms with Crippen LogP contribution in [0.1, 0.15) is 20.8 Å². The Hall–Kier alpha value is -2.76. The second-order valence-electron chi connectivity index (χ2n) is 7.64. The molecule has 0 radical (unpaired) electrons. The van der Waals surface area contributed by atoms with E-state index in [4.69, 9.17) is 9.72 Å². The van der Waals surface area contributed by atoms with E-state index in [0.29, 0.717) is 13.1 Å². The molecular formula is C20H24N4O2. The average Bonchev–Trinajstić information content (AvgIpc) is 3.10. The first kappa shape index (κ1) is 16.7. The standard InChI is InChI=1S/C20H24N4O2/c1-20(2,3)26-19(25)23-13-11-22(12-14-23)18-17-9-6-10-24(17)16-8-5-4-7-15(16)21-18/h4-10H,11-14H2,1-3H3. The van der Waals surface area contributed by atoms with Crippen LogP contribution in [-0.4, -0.2) is 52.2 Å². The van der Waals surface area contributed by atoms with E-state index in [9.17, 15) is 4.79 Å². The minimum Gasteiger partial charge on any atom is -0.444 e. The van der Waals surface area contributed by atoms with Crippen LogP contribution in [0.15, 0.2) is 42.6 Å². The number of nitrogens with zero attached hydrogens (tertiary/aromatic N) is 4. The van der Waals surface area contributed by atoms with Gasteiger partial charge in [0.15, 0.2) is 5.82 Å². The van der Waals surface area contributed by atoms with Gasteiger partial charge in [0, 0.05) is 32.4 Å². The number of rotatable bonds is 1. The highest BCUT2D eigenvalue weighted by molar-refractivity contribution is 5.85. The number of hydrogen-bond acceptors (Lipinski definition) is 4. The topological polar surface area (TPSA) is 50.1 Å². The summed E-state index contributed by atoms with van der Waals surface area (Å²) in [7, 11) is 0. The van der Waals surface area contributed by atoms with Crippen molar-refractivity contribution in [2.45, 2.75) is 26.4 Å². The summed E-state index contributed by atoms with van der Waals surface area (Å²) in [6.07, 6.45) is 1.83. The van der Waals surface area contributed by atoms with Crippen molar-refractivity contribution in [1.29, 1.82) is 0 Å². The quantitative estimate of drug-likeness (QED) is 0.672. The molecule has 2 aromatic heterocycles. The lowest BCUT2D eigenvalue weighted by Gasteiger charge is -2.36. The van der Waals surface area contributed by atoms with E-state index < -0.39 is 5.60 Å². The molecule has 6 heteroatoms. The fourth-order valence-corrected chi connectivity index (χ4v) is 3.37. The summed E-state index contributed by atoms with van der Waals surface area (Å²) in [6.45, 7) is 8.43. The van der Waals surface area contributed by atoms with Crippen LogP contribution >= 0.6 is 0 Å². The Balaban J connectivity index is 1.58. The molecule has 0 unspecified atom stereocenters. The first-order valence-electron chi connectivity index (χ1n) is 9.01. The van der Waals surface area contributed by atoms with Gasteiger partial charge in [-0.15, -0.1) is 0 Å². The summed E-state index contributed by atoms with van der Waals surface area (Å²) < 4.78 is 7.66. The molecule has 0 spiro atoms. The smallest absolute Gasteiger partial charge is 0.410 e. The molecule has 4 rings (SSSR count). The largest absolute Gasteiger partial charge is 0.444 e. The van der Waals surface area contributed by atoms with Crippen LogP contribution in [-0.2, 0) is 4.74 Å². The van der Waals surface area contributed by atoms with E-state index in [2.05, 4.69) is 27.6 Å². The number of fused-ring (bicyclic) bond motifs is 3. The molecule has 1 aliphatic rings. The molecule has 0 atom stereocenters. The zero-order valence-corrected chi connectivity index (χ0v) is 15.5. The van der Waals surface area contributed by atoms with Gasteiger partial charge < -0.3 is 18.9 Å². The summed E-state index contributed by atoms with van der Waals surface area (Å²) in [5.74, 6) is 0.970. The molecule has 0 N–H and O–H groups in total. The Labute approximate surface area is 153 Å². The molecular weight excluding hydrogens is 328 g/mol. The summed E-state index contributed by atoms with van der Waals surface area (Å²) in [5, 5.41) is 0. The predicted octanol–water partition coefficient (Wildman–Crippen LogP) is 3.54. The molecule has 3 aromatic rings. The van der Waals surface area contributed by atoms with Gasteiger partial charge in [0.05, 0.1) is 16.6 Å². The van der Waals surface area contributed by atoms with Crippen LogP contribution in [0.2, 0.25) is 0 Å². The second kappa shape index (κ2) is 6.20. The highest BCUT2D eigenvalue weighted by Crippen LogP contribution is 2.26. The monoisotopic (exact) mass is 352 g/mol. The van der Waals surface area contributed by atoms with Crippen molar-refractivity contribution in [3.05, 3.63) is 42.6 Å². The maximum Gasteiger partial charge on any atom is 0.410 e. The molecule has 1 saturated heterocycles. The minimum absolute atomic E-state index is 0.239. The number of carbonyl (C=O) groups is 1. The first-order chi connectivity index (χ1) is 12.4. The van der Waals surface area contributed by atoms with Crippen molar-refractivity contribution in [2.75, 3.05) is 31.1 Å². The fraction of sp³-hybridized carbons (Fsp3) is 0.400. The number of piperazine rings is 1. The highest BCUT2D eigenvalue weighted by atomic mass is 16.6. The third kappa shape index (κ3) is 3.07. The van der Waals surface area contributed by atoms with E-state index in [1.807, 2.05) is 45.0 Å². The molecule has 0 aliphatic carbocycles. The molecule has 3 heterocycles. The fourth-order valence-electron chi connectivity index (χ4n) is 3.37. The average molecular weight is 352 g/mol. The maximum atomic E-state index is 12.3. The number of benzene rings is 1. The van der Waals surface area contributed by atoms with Crippen molar-refractivity contribution in [3.8, 4) is 0 Å². The summed E-state index contributed by atoms with van der Waals surface area (Å²) in [4.78, 5) is 21.2. The van der Waals surface area contributed by atoms with Crippen molar-refractivity contribution < 1.29 is 9.53 Å². The van der Waals surface area contributed by atoms with Crippen LogP contribution < -0.4 is 4.90 Å². The van der Waals surface area contributed by atoms with E-state index in [0.717, 1.165) is 35.5 Å².